The van der Waals surface area contributed by atoms with Crippen LogP contribution >= 0.6 is 0 Å². The number of allylic oxidation sites excluding steroid dienone is 3. The van der Waals surface area contributed by atoms with E-state index in [1.54, 1.807) is 14.0 Å². The van der Waals surface area contributed by atoms with Crippen molar-refractivity contribution in [1.29, 1.82) is 0 Å². The Kier molecular flexibility index (Phi) is 8.82. The number of aliphatic carboxylic acids is 2. The summed E-state index contributed by atoms with van der Waals surface area (Å²) in [5, 5.41) is 29.8. The van der Waals surface area contributed by atoms with Crippen LogP contribution in [0.15, 0.2) is 24.3 Å². The highest BCUT2D eigenvalue weighted by Crippen LogP contribution is 2.38. The van der Waals surface area contributed by atoms with E-state index in [1.165, 1.54) is 0 Å². The number of fused-ring (bicyclic) bond motifs is 8. The van der Waals surface area contributed by atoms with Gasteiger partial charge in [-0.2, -0.15) is 0 Å². The number of carbonyl (C=O) groups is 2. The lowest BCUT2D eigenvalue weighted by molar-refractivity contribution is -0.137. The molecule has 8 bridgehead atoms. The van der Waals surface area contributed by atoms with Crippen LogP contribution in [0.25, 0.3) is 44.4 Å². The predicted octanol–water partition coefficient (Wildman–Crippen LogP) is 6.76. The molecule has 0 saturated carbocycles. The van der Waals surface area contributed by atoms with E-state index in [2.05, 4.69) is 9.97 Å². The van der Waals surface area contributed by atoms with Gasteiger partial charge in [-0.05, 0) is 112 Å². The molecule has 2 aliphatic rings. The van der Waals surface area contributed by atoms with Gasteiger partial charge in [0.05, 0.1) is 35.0 Å². The van der Waals surface area contributed by atoms with Crippen molar-refractivity contribution in [3.8, 4) is 0 Å². The van der Waals surface area contributed by atoms with Crippen molar-refractivity contribution < 1.29 is 29.6 Å². The quantitative estimate of drug-likeness (QED) is 0.177. The van der Waals surface area contributed by atoms with Crippen LogP contribution in [-0.4, -0.2) is 60.4 Å². The molecular formula is C35H40N4O6. The number of hydrogen-bond acceptors (Lipinski definition) is 6. The Hall–Kier alpha value is -4.54. The maximum Gasteiger partial charge on any atom is 0.303 e. The summed E-state index contributed by atoms with van der Waals surface area (Å²) in [6.45, 7) is 11.6. The molecule has 3 aromatic rings. The lowest BCUT2D eigenvalue weighted by Gasteiger charge is -2.10. The van der Waals surface area contributed by atoms with Gasteiger partial charge in [-0.3, -0.25) is 9.59 Å². The molecule has 236 valence electrons. The maximum absolute atomic E-state index is 11.6. The number of carboxylic acid groups (broad SMARTS) is 2. The number of aliphatic hydroxyl groups is 1. The number of aliphatic hydroxyl groups excluding tert-OH is 1. The van der Waals surface area contributed by atoms with Gasteiger partial charge in [0.2, 0.25) is 0 Å². The first kappa shape index (κ1) is 31.9. The van der Waals surface area contributed by atoms with E-state index in [0.717, 1.165) is 61.1 Å². The second kappa shape index (κ2) is 12.5. The highest BCUT2D eigenvalue weighted by molar-refractivity contribution is 5.96. The Balaban J connectivity index is 1.96. The fraction of sp³-hybridized carbons (Fsp3) is 0.371. The zero-order valence-electron chi connectivity index (χ0n) is 26.8. The van der Waals surface area contributed by atoms with Crippen LogP contribution < -0.4 is 0 Å². The van der Waals surface area contributed by atoms with Crippen LogP contribution in [0, 0.1) is 13.8 Å². The molecule has 0 amide bonds. The molecule has 0 saturated heterocycles. The number of ether oxygens (including phenoxy) is 1. The van der Waals surface area contributed by atoms with E-state index in [4.69, 9.17) is 14.7 Å². The van der Waals surface area contributed by atoms with Crippen molar-refractivity contribution in [3.63, 3.8) is 0 Å². The van der Waals surface area contributed by atoms with Crippen LogP contribution in [0.2, 0.25) is 0 Å². The number of rotatable bonds is 9. The zero-order valence-corrected chi connectivity index (χ0v) is 26.8. The monoisotopic (exact) mass is 612 g/mol. The molecule has 3 aromatic heterocycles. The summed E-state index contributed by atoms with van der Waals surface area (Å²) < 4.78 is 5.76. The standard InChI is InChI=1S/C35H40N4O6/c1-16-22(8-10-32(41)42)28-15-29-23(9-11-33(43)44)17(2)25(37-29)13-31-35(21(6)45-7)19(4)27(39-31)14-30-34(20(5)40)18(3)26(38-30)12-24(16)36-28/h12-15,20-21,36,39-40H,8-11H2,1-7H3,(H,41,42)(H,43,44). The van der Waals surface area contributed by atoms with Gasteiger partial charge in [-0.1, -0.05) is 0 Å². The fourth-order valence-corrected chi connectivity index (χ4v) is 6.42. The normalized spacial score (nSPS) is 14.7. The molecule has 0 radical (unpaired) electrons. The number of methoxy groups -OCH3 is 1. The molecule has 2 atom stereocenters. The number of carboxylic acids is 2. The predicted molar refractivity (Wildman–Crippen MR) is 175 cm³/mol. The molecule has 0 spiro atoms. The third kappa shape index (κ3) is 6.08. The maximum atomic E-state index is 11.6. The van der Waals surface area contributed by atoms with Crippen LogP contribution in [-0.2, 0) is 20.7 Å². The summed E-state index contributed by atoms with van der Waals surface area (Å²) in [4.78, 5) is 40.2. The third-order valence-corrected chi connectivity index (χ3v) is 8.99. The summed E-state index contributed by atoms with van der Waals surface area (Å²) >= 11 is 0. The Morgan fingerprint density at radius 2 is 1.29 bits per heavy atom. The SMILES string of the molecule is COC(C)c1c(C)c2cc3nc(cc4[nH]c(cc5nc(cc1[nH]2)C(C)=C5CCC(=O)O)c(CCC(=O)O)c4C)C(C)=C3C(C)O. The minimum atomic E-state index is -0.899. The number of aromatic amines is 2. The van der Waals surface area contributed by atoms with Crippen LogP contribution in [0.1, 0.15) is 98.1 Å². The first-order chi connectivity index (χ1) is 21.3. The van der Waals surface area contributed by atoms with Gasteiger partial charge >= 0.3 is 11.9 Å². The minimum Gasteiger partial charge on any atom is -0.481 e. The topological polar surface area (TPSA) is 161 Å². The largest absolute Gasteiger partial charge is 0.481 e. The Morgan fingerprint density at radius 1 is 0.756 bits per heavy atom. The van der Waals surface area contributed by atoms with E-state index in [0.29, 0.717) is 41.1 Å². The van der Waals surface area contributed by atoms with Crippen LogP contribution in [0.5, 0.6) is 0 Å². The van der Waals surface area contributed by atoms with Crippen molar-refractivity contribution in [2.45, 2.75) is 79.4 Å². The molecule has 5 N–H and O–H groups in total. The summed E-state index contributed by atoms with van der Waals surface area (Å²) in [5.74, 6) is -1.80. The van der Waals surface area contributed by atoms with Gasteiger partial charge in [0.15, 0.2) is 0 Å². The summed E-state index contributed by atoms with van der Waals surface area (Å²) in [6.07, 6.45) is -0.508. The summed E-state index contributed by atoms with van der Waals surface area (Å²) in [6, 6.07) is 7.74. The lowest BCUT2D eigenvalue weighted by atomic mass is 9.99. The molecular weight excluding hydrogens is 572 g/mol. The van der Waals surface area contributed by atoms with Crippen molar-refractivity contribution in [1.82, 2.24) is 19.9 Å². The number of aryl methyl sites for hydroxylation is 3. The molecule has 45 heavy (non-hydrogen) atoms. The smallest absolute Gasteiger partial charge is 0.303 e. The van der Waals surface area contributed by atoms with Gasteiger partial charge in [-0.15, -0.1) is 0 Å². The second-order valence-electron chi connectivity index (χ2n) is 11.9. The number of nitrogens with one attached hydrogen (secondary N) is 2. The lowest BCUT2D eigenvalue weighted by Crippen LogP contribution is -2.02. The number of H-pyrrole nitrogens is 2. The molecule has 2 aliphatic heterocycles. The fourth-order valence-electron chi connectivity index (χ4n) is 6.42. The molecule has 0 fully saturated rings. The van der Waals surface area contributed by atoms with E-state index < -0.39 is 18.0 Å². The zero-order chi connectivity index (χ0) is 32.7. The number of nitrogens with zero attached hydrogens (tertiary/aromatic N) is 2. The Labute approximate surface area is 261 Å². The Morgan fingerprint density at radius 3 is 1.93 bits per heavy atom. The van der Waals surface area contributed by atoms with Gasteiger partial charge in [0.1, 0.15) is 0 Å². The van der Waals surface area contributed by atoms with Crippen molar-refractivity contribution >= 4 is 56.3 Å². The molecule has 10 heteroatoms. The van der Waals surface area contributed by atoms with Gasteiger partial charge in [-0.25, -0.2) is 9.97 Å². The highest BCUT2D eigenvalue weighted by atomic mass is 16.5. The van der Waals surface area contributed by atoms with E-state index in [9.17, 15) is 24.9 Å². The van der Waals surface area contributed by atoms with Crippen LogP contribution in [0.4, 0.5) is 0 Å². The van der Waals surface area contributed by atoms with Crippen molar-refractivity contribution in [2.75, 3.05) is 7.11 Å². The van der Waals surface area contributed by atoms with E-state index >= 15 is 0 Å². The number of hydrogen-bond donors (Lipinski definition) is 5. The first-order valence-electron chi connectivity index (χ1n) is 15.1. The van der Waals surface area contributed by atoms with Crippen LogP contribution in [0.3, 0.4) is 0 Å². The molecule has 10 nitrogen and oxygen atoms in total. The second-order valence-corrected chi connectivity index (χ2v) is 11.9. The molecule has 2 unspecified atom stereocenters. The van der Waals surface area contributed by atoms with Gasteiger partial charge < -0.3 is 30.0 Å². The number of aromatic nitrogens is 4. The summed E-state index contributed by atoms with van der Waals surface area (Å²) in [7, 11) is 1.66. The van der Waals surface area contributed by atoms with E-state index in [1.807, 2.05) is 58.9 Å². The third-order valence-electron chi connectivity index (χ3n) is 8.99. The van der Waals surface area contributed by atoms with E-state index in [-0.39, 0.29) is 18.9 Å². The summed E-state index contributed by atoms with van der Waals surface area (Å²) in [5.41, 5.74) is 12.8. The molecule has 0 aliphatic carbocycles. The average Bonchev–Trinajstić information content (AvgIpc) is 3.63. The molecule has 5 heterocycles. The molecule has 0 aromatic carbocycles. The minimum absolute atomic E-state index is 0.0506. The van der Waals surface area contributed by atoms with Gasteiger partial charge in [0, 0.05) is 53.2 Å². The Bertz CT molecular complexity index is 1940. The van der Waals surface area contributed by atoms with Crippen molar-refractivity contribution in [2.24, 2.45) is 0 Å². The van der Waals surface area contributed by atoms with Crippen molar-refractivity contribution in [3.05, 3.63) is 69.3 Å². The van der Waals surface area contributed by atoms with Gasteiger partial charge in [0.25, 0.3) is 0 Å². The average molecular weight is 613 g/mol. The first-order valence-corrected chi connectivity index (χ1v) is 15.1. The highest BCUT2D eigenvalue weighted by Gasteiger charge is 2.24. The molecule has 5 rings (SSSR count).